The third kappa shape index (κ3) is 4.13. The van der Waals surface area contributed by atoms with Gasteiger partial charge in [0.05, 0.1) is 19.2 Å². The first kappa shape index (κ1) is 21.3. The average molecular weight is 450 g/mol. The van der Waals surface area contributed by atoms with Crippen LogP contribution in [0.4, 0.5) is 0 Å². The summed E-state index contributed by atoms with van der Waals surface area (Å²) in [6.07, 6.45) is 1.76. The van der Waals surface area contributed by atoms with Crippen molar-refractivity contribution in [2.75, 3.05) is 26.7 Å². The van der Waals surface area contributed by atoms with Crippen LogP contribution in [-0.4, -0.2) is 60.0 Å². The van der Waals surface area contributed by atoms with Gasteiger partial charge in [-0.15, -0.1) is 0 Å². The fraction of sp³-hybridized carbons (Fsp3) is 0.400. The Hall–Kier alpha value is -3.55. The van der Waals surface area contributed by atoms with Crippen molar-refractivity contribution in [1.82, 2.24) is 15.1 Å². The molecule has 0 bridgehead atoms. The Labute approximate surface area is 192 Å². The monoisotopic (exact) mass is 449 g/mol. The zero-order valence-electron chi connectivity index (χ0n) is 18.6. The first-order chi connectivity index (χ1) is 16.0. The number of hydrogen-bond acceptors (Lipinski definition) is 5. The molecule has 8 heteroatoms. The van der Waals surface area contributed by atoms with Crippen LogP contribution in [0.5, 0.6) is 11.5 Å². The molecule has 0 aliphatic carbocycles. The van der Waals surface area contributed by atoms with E-state index in [0.717, 1.165) is 17.7 Å². The summed E-state index contributed by atoms with van der Waals surface area (Å²) in [4.78, 5) is 41.9. The number of para-hydroxylation sites is 1. The van der Waals surface area contributed by atoms with Crippen molar-refractivity contribution < 1.29 is 23.9 Å². The lowest BCUT2D eigenvalue weighted by atomic mass is 9.99. The summed E-state index contributed by atoms with van der Waals surface area (Å²) in [5.41, 5.74) is 1.86. The minimum atomic E-state index is -0.929. The Morgan fingerprint density at radius 2 is 1.94 bits per heavy atom. The average Bonchev–Trinajstić information content (AvgIpc) is 2.97. The van der Waals surface area contributed by atoms with Gasteiger partial charge >= 0.3 is 0 Å². The van der Waals surface area contributed by atoms with Crippen LogP contribution in [0.2, 0.25) is 0 Å². The largest absolute Gasteiger partial charge is 0.497 e. The molecule has 3 aliphatic rings. The molecule has 1 saturated heterocycles. The fourth-order valence-electron chi connectivity index (χ4n) is 4.81. The van der Waals surface area contributed by atoms with Gasteiger partial charge in [-0.25, -0.2) is 0 Å². The maximum absolute atomic E-state index is 13.0. The second-order valence-electron chi connectivity index (χ2n) is 8.81. The molecule has 172 valence electrons. The first-order valence-electron chi connectivity index (χ1n) is 11.3. The third-order valence-electron chi connectivity index (χ3n) is 6.76. The van der Waals surface area contributed by atoms with Gasteiger partial charge in [0.25, 0.3) is 5.91 Å². The van der Waals surface area contributed by atoms with Crippen LogP contribution >= 0.6 is 0 Å². The molecule has 5 rings (SSSR count). The molecule has 0 radical (unpaired) electrons. The second kappa shape index (κ2) is 8.42. The number of carbonyl (C=O) groups is 3. The molecule has 1 spiro atoms. The standard InChI is InChI=1S/C25H27N3O5/c1-32-19-7-6-18-15-27(12-9-17(18)14-19)23(30)16-28-13-11-25(10-8-22(28)29)26-24(31)20-4-2-3-5-21(20)33-25/h2-7,14H,8-13,15-16H2,1H3,(H,26,31). The van der Waals surface area contributed by atoms with Crippen LogP contribution in [0.3, 0.4) is 0 Å². The Balaban J connectivity index is 1.24. The summed E-state index contributed by atoms with van der Waals surface area (Å²) in [5, 5.41) is 2.96. The van der Waals surface area contributed by atoms with Gasteiger partial charge in [-0.3, -0.25) is 14.4 Å². The van der Waals surface area contributed by atoms with E-state index in [2.05, 4.69) is 5.32 Å². The van der Waals surface area contributed by atoms with E-state index >= 15 is 0 Å². The number of amides is 3. The third-order valence-corrected chi connectivity index (χ3v) is 6.76. The van der Waals surface area contributed by atoms with Gasteiger partial charge in [0.2, 0.25) is 11.8 Å². The summed E-state index contributed by atoms with van der Waals surface area (Å²) >= 11 is 0. The highest BCUT2D eigenvalue weighted by Gasteiger charge is 2.43. The Morgan fingerprint density at radius 1 is 1.09 bits per heavy atom. The van der Waals surface area contributed by atoms with Gasteiger partial charge in [0.15, 0.2) is 5.72 Å². The van der Waals surface area contributed by atoms with Crippen molar-refractivity contribution in [1.29, 1.82) is 0 Å². The molecule has 2 aromatic carbocycles. The van der Waals surface area contributed by atoms with Gasteiger partial charge in [0.1, 0.15) is 11.5 Å². The Kier molecular flexibility index (Phi) is 5.44. The number of ether oxygens (including phenoxy) is 2. The highest BCUT2D eigenvalue weighted by Crippen LogP contribution is 2.33. The van der Waals surface area contributed by atoms with E-state index in [1.54, 1.807) is 35.1 Å². The molecule has 33 heavy (non-hydrogen) atoms. The predicted molar refractivity (Wildman–Crippen MR) is 120 cm³/mol. The van der Waals surface area contributed by atoms with Gasteiger partial charge in [0, 0.05) is 38.9 Å². The number of benzene rings is 2. The topological polar surface area (TPSA) is 88.2 Å². The van der Waals surface area contributed by atoms with E-state index in [1.165, 1.54) is 5.56 Å². The van der Waals surface area contributed by atoms with Gasteiger partial charge < -0.3 is 24.6 Å². The molecule has 3 amide bonds. The van der Waals surface area contributed by atoms with Gasteiger partial charge in [-0.1, -0.05) is 18.2 Å². The van der Waals surface area contributed by atoms with Crippen LogP contribution in [0, 0.1) is 0 Å². The first-order valence-corrected chi connectivity index (χ1v) is 11.3. The van der Waals surface area contributed by atoms with Gasteiger partial charge in [-0.05, 0) is 41.8 Å². The van der Waals surface area contributed by atoms with Crippen LogP contribution in [-0.2, 0) is 22.6 Å². The zero-order chi connectivity index (χ0) is 23.0. The Morgan fingerprint density at radius 3 is 2.79 bits per heavy atom. The van der Waals surface area contributed by atoms with Crippen molar-refractivity contribution >= 4 is 17.7 Å². The maximum atomic E-state index is 13.0. The molecule has 0 saturated carbocycles. The van der Waals surface area contributed by atoms with Crippen molar-refractivity contribution in [2.45, 2.75) is 38.0 Å². The molecule has 0 aromatic heterocycles. The number of nitrogens with one attached hydrogen (secondary N) is 1. The molecule has 1 N–H and O–H groups in total. The molecule has 3 aliphatic heterocycles. The van der Waals surface area contributed by atoms with Gasteiger partial charge in [-0.2, -0.15) is 0 Å². The highest BCUT2D eigenvalue weighted by molar-refractivity contribution is 5.98. The van der Waals surface area contributed by atoms with Crippen LogP contribution in [0.15, 0.2) is 42.5 Å². The number of carbonyl (C=O) groups excluding carboxylic acids is 3. The highest BCUT2D eigenvalue weighted by atomic mass is 16.5. The van der Waals surface area contributed by atoms with Crippen molar-refractivity contribution in [3.05, 3.63) is 59.2 Å². The lowest BCUT2D eigenvalue weighted by molar-refractivity contribution is -0.140. The van der Waals surface area contributed by atoms with E-state index < -0.39 is 5.72 Å². The number of likely N-dealkylation sites (tertiary alicyclic amines) is 1. The normalized spacial score (nSPS) is 22.1. The molecular weight excluding hydrogens is 422 g/mol. The quantitative estimate of drug-likeness (QED) is 0.776. The smallest absolute Gasteiger partial charge is 0.258 e. The lowest BCUT2D eigenvalue weighted by Gasteiger charge is -2.38. The van der Waals surface area contributed by atoms with Crippen molar-refractivity contribution in [3.63, 3.8) is 0 Å². The minimum Gasteiger partial charge on any atom is -0.497 e. The Bertz CT molecular complexity index is 1120. The SMILES string of the molecule is COc1ccc2c(c1)CCN(C(=O)CN1CCC3(CCC1=O)NC(=O)c1ccccc1O3)C2. The molecule has 1 unspecified atom stereocenters. The van der Waals surface area contributed by atoms with Crippen LogP contribution < -0.4 is 14.8 Å². The summed E-state index contributed by atoms with van der Waals surface area (Å²) < 4.78 is 11.5. The lowest BCUT2D eigenvalue weighted by Crippen LogP contribution is -2.56. The molecular formula is C25H27N3O5. The summed E-state index contributed by atoms with van der Waals surface area (Å²) in [6.45, 7) is 1.51. The number of rotatable bonds is 3. The number of methoxy groups -OCH3 is 1. The predicted octanol–water partition coefficient (Wildman–Crippen LogP) is 2.11. The number of nitrogens with zero attached hydrogens (tertiary/aromatic N) is 2. The maximum Gasteiger partial charge on any atom is 0.258 e. The minimum absolute atomic E-state index is 0.0327. The summed E-state index contributed by atoms with van der Waals surface area (Å²) in [6, 6.07) is 13.0. The molecule has 8 nitrogen and oxygen atoms in total. The summed E-state index contributed by atoms with van der Waals surface area (Å²) in [7, 11) is 1.64. The number of hydrogen-bond donors (Lipinski definition) is 1. The van der Waals surface area contributed by atoms with Crippen LogP contribution in [0.25, 0.3) is 0 Å². The second-order valence-corrected chi connectivity index (χ2v) is 8.81. The van der Waals surface area contributed by atoms with E-state index in [-0.39, 0.29) is 30.7 Å². The summed E-state index contributed by atoms with van der Waals surface area (Å²) in [5.74, 6) is 0.982. The molecule has 1 fully saturated rings. The zero-order valence-corrected chi connectivity index (χ0v) is 18.6. The van der Waals surface area contributed by atoms with E-state index in [4.69, 9.17) is 9.47 Å². The van der Waals surface area contributed by atoms with E-state index in [0.29, 0.717) is 43.8 Å². The van der Waals surface area contributed by atoms with E-state index in [1.807, 2.05) is 24.3 Å². The molecule has 2 aromatic rings. The van der Waals surface area contributed by atoms with E-state index in [9.17, 15) is 14.4 Å². The van der Waals surface area contributed by atoms with Crippen LogP contribution in [0.1, 0.15) is 40.7 Å². The number of fused-ring (bicyclic) bond motifs is 2. The van der Waals surface area contributed by atoms with Crippen molar-refractivity contribution in [2.24, 2.45) is 0 Å². The molecule has 1 atom stereocenters. The molecule has 3 heterocycles. The van der Waals surface area contributed by atoms with Crippen molar-refractivity contribution in [3.8, 4) is 11.5 Å². The fourth-order valence-corrected chi connectivity index (χ4v) is 4.81.